The Morgan fingerprint density at radius 2 is 1.94 bits per heavy atom. The molecular formula is C13H20FNS. The first kappa shape index (κ1) is 13.5. The van der Waals surface area contributed by atoms with Gasteiger partial charge in [-0.15, -0.1) is 11.8 Å². The lowest BCUT2D eigenvalue weighted by atomic mass is 10.2. The summed E-state index contributed by atoms with van der Waals surface area (Å²) < 4.78 is 13.2. The van der Waals surface area contributed by atoms with E-state index in [1.807, 2.05) is 6.07 Å². The largest absolute Gasteiger partial charge is 0.310 e. The maximum Gasteiger partial charge on any atom is 0.123 e. The lowest BCUT2D eigenvalue weighted by Gasteiger charge is -2.13. The summed E-state index contributed by atoms with van der Waals surface area (Å²) in [5, 5.41) is 3.84. The third kappa shape index (κ3) is 4.54. The predicted molar refractivity (Wildman–Crippen MR) is 69.4 cm³/mol. The van der Waals surface area contributed by atoms with Gasteiger partial charge in [0.05, 0.1) is 0 Å². The molecule has 0 aliphatic rings. The Morgan fingerprint density at radius 3 is 2.50 bits per heavy atom. The second-order valence-corrected chi connectivity index (χ2v) is 6.07. The van der Waals surface area contributed by atoms with Gasteiger partial charge in [0.25, 0.3) is 0 Å². The molecule has 0 fully saturated rings. The van der Waals surface area contributed by atoms with Crippen LogP contribution in [0.1, 0.15) is 33.3 Å². The highest BCUT2D eigenvalue weighted by Crippen LogP contribution is 2.27. The first-order chi connectivity index (χ1) is 7.49. The van der Waals surface area contributed by atoms with Crippen molar-refractivity contribution in [2.45, 2.75) is 50.4 Å². The molecule has 0 saturated carbocycles. The van der Waals surface area contributed by atoms with Gasteiger partial charge < -0.3 is 5.32 Å². The maximum atomic E-state index is 13.2. The van der Waals surface area contributed by atoms with E-state index >= 15 is 0 Å². The number of hydrogen-bond donors (Lipinski definition) is 1. The van der Waals surface area contributed by atoms with E-state index in [2.05, 4.69) is 33.0 Å². The van der Waals surface area contributed by atoms with Gasteiger partial charge in [-0.1, -0.05) is 27.7 Å². The highest BCUT2D eigenvalue weighted by molar-refractivity contribution is 8.00. The molecule has 0 heterocycles. The van der Waals surface area contributed by atoms with E-state index in [1.165, 1.54) is 11.0 Å². The second kappa shape index (κ2) is 6.26. The smallest absolute Gasteiger partial charge is 0.123 e. The quantitative estimate of drug-likeness (QED) is 0.786. The van der Waals surface area contributed by atoms with Crippen molar-refractivity contribution < 1.29 is 4.39 Å². The van der Waals surface area contributed by atoms with Crippen LogP contribution in [-0.4, -0.2) is 11.3 Å². The van der Waals surface area contributed by atoms with Crippen LogP contribution in [0.5, 0.6) is 0 Å². The van der Waals surface area contributed by atoms with E-state index in [4.69, 9.17) is 0 Å². The molecule has 1 aromatic carbocycles. The molecule has 1 nitrogen and oxygen atoms in total. The summed E-state index contributed by atoms with van der Waals surface area (Å²) in [4.78, 5) is 1.17. The van der Waals surface area contributed by atoms with E-state index in [0.29, 0.717) is 11.3 Å². The fourth-order valence-electron chi connectivity index (χ4n) is 1.37. The lowest BCUT2D eigenvalue weighted by Crippen LogP contribution is -2.22. The van der Waals surface area contributed by atoms with Crippen LogP contribution in [0.2, 0.25) is 0 Å². The van der Waals surface area contributed by atoms with Crippen molar-refractivity contribution in [3.05, 3.63) is 29.6 Å². The molecule has 0 aromatic heterocycles. The monoisotopic (exact) mass is 241 g/mol. The van der Waals surface area contributed by atoms with Crippen LogP contribution in [0, 0.1) is 5.82 Å². The Bertz CT molecular complexity index is 337. The fourth-order valence-corrected chi connectivity index (χ4v) is 2.31. The molecule has 0 amide bonds. The van der Waals surface area contributed by atoms with E-state index in [1.54, 1.807) is 17.8 Å². The van der Waals surface area contributed by atoms with Crippen LogP contribution in [-0.2, 0) is 6.54 Å². The Morgan fingerprint density at radius 1 is 1.25 bits per heavy atom. The molecule has 0 unspecified atom stereocenters. The molecule has 0 bridgehead atoms. The van der Waals surface area contributed by atoms with Gasteiger partial charge in [-0.3, -0.25) is 0 Å². The molecule has 16 heavy (non-hydrogen) atoms. The minimum Gasteiger partial charge on any atom is -0.310 e. The molecule has 1 aromatic rings. The zero-order valence-electron chi connectivity index (χ0n) is 10.4. The van der Waals surface area contributed by atoms with Gasteiger partial charge in [-0.2, -0.15) is 0 Å². The number of benzene rings is 1. The molecule has 0 saturated heterocycles. The molecule has 0 radical (unpaired) electrons. The van der Waals surface area contributed by atoms with Gasteiger partial charge in [-0.05, 0) is 23.8 Å². The number of hydrogen-bond acceptors (Lipinski definition) is 2. The molecule has 0 spiro atoms. The Kier molecular flexibility index (Phi) is 5.29. The predicted octanol–water partition coefficient (Wildman–Crippen LogP) is 3.82. The summed E-state index contributed by atoms with van der Waals surface area (Å²) >= 11 is 1.78. The maximum absolute atomic E-state index is 13.2. The van der Waals surface area contributed by atoms with E-state index in [0.717, 1.165) is 12.1 Å². The third-order valence-corrected chi connectivity index (χ3v) is 3.21. The van der Waals surface area contributed by atoms with Gasteiger partial charge in [0, 0.05) is 22.7 Å². The van der Waals surface area contributed by atoms with E-state index in [9.17, 15) is 4.39 Å². The summed E-state index contributed by atoms with van der Waals surface area (Å²) in [6, 6.07) is 5.45. The third-order valence-electron chi connectivity index (χ3n) is 2.09. The summed E-state index contributed by atoms with van der Waals surface area (Å²) in [6.45, 7) is 9.20. The number of thioether (sulfide) groups is 1. The van der Waals surface area contributed by atoms with E-state index < -0.39 is 0 Å². The van der Waals surface area contributed by atoms with Gasteiger partial charge in [-0.25, -0.2) is 4.39 Å². The molecule has 0 aliphatic heterocycles. The highest BCUT2D eigenvalue weighted by atomic mass is 32.2. The average Bonchev–Trinajstić information content (AvgIpc) is 2.17. The van der Waals surface area contributed by atoms with Gasteiger partial charge in [0.2, 0.25) is 0 Å². The van der Waals surface area contributed by atoms with Crippen molar-refractivity contribution in [1.29, 1.82) is 0 Å². The zero-order valence-corrected chi connectivity index (χ0v) is 11.2. The van der Waals surface area contributed by atoms with Crippen LogP contribution in [0.15, 0.2) is 23.1 Å². The average molecular weight is 241 g/mol. The minimum atomic E-state index is -0.159. The van der Waals surface area contributed by atoms with Gasteiger partial charge in [0.15, 0.2) is 0 Å². The SMILES string of the molecule is CC(C)NCc1cc(F)ccc1SC(C)C. The van der Waals surface area contributed by atoms with Crippen molar-refractivity contribution in [2.75, 3.05) is 0 Å². The standard InChI is InChI=1S/C13H20FNS/c1-9(2)15-8-11-7-12(14)5-6-13(11)16-10(3)4/h5-7,9-10,15H,8H2,1-4H3. The Balaban J connectivity index is 2.81. The molecule has 90 valence electrons. The fraction of sp³-hybridized carbons (Fsp3) is 0.538. The van der Waals surface area contributed by atoms with Crippen molar-refractivity contribution in [1.82, 2.24) is 5.32 Å². The van der Waals surface area contributed by atoms with Crippen LogP contribution in [0.4, 0.5) is 4.39 Å². The van der Waals surface area contributed by atoms with Crippen LogP contribution < -0.4 is 5.32 Å². The van der Waals surface area contributed by atoms with Crippen LogP contribution in [0.3, 0.4) is 0 Å². The number of nitrogens with one attached hydrogen (secondary N) is 1. The first-order valence-electron chi connectivity index (χ1n) is 5.67. The summed E-state index contributed by atoms with van der Waals surface area (Å²) in [7, 11) is 0. The summed E-state index contributed by atoms with van der Waals surface area (Å²) in [5.41, 5.74) is 1.05. The molecule has 1 N–H and O–H groups in total. The first-order valence-corrected chi connectivity index (χ1v) is 6.55. The molecule has 0 atom stereocenters. The number of halogens is 1. The molecular weight excluding hydrogens is 221 g/mol. The number of rotatable bonds is 5. The van der Waals surface area contributed by atoms with E-state index in [-0.39, 0.29) is 5.82 Å². The zero-order chi connectivity index (χ0) is 12.1. The van der Waals surface area contributed by atoms with Crippen molar-refractivity contribution >= 4 is 11.8 Å². The Labute approximate surface area is 102 Å². The summed E-state index contributed by atoms with van der Waals surface area (Å²) in [6.07, 6.45) is 0. The topological polar surface area (TPSA) is 12.0 Å². The van der Waals surface area contributed by atoms with Crippen LogP contribution in [0.25, 0.3) is 0 Å². The normalized spacial score (nSPS) is 11.4. The summed E-state index contributed by atoms with van der Waals surface area (Å²) in [5.74, 6) is -0.159. The van der Waals surface area contributed by atoms with Crippen molar-refractivity contribution in [2.24, 2.45) is 0 Å². The minimum absolute atomic E-state index is 0.159. The van der Waals surface area contributed by atoms with Crippen molar-refractivity contribution in [3.63, 3.8) is 0 Å². The Hall–Kier alpha value is -0.540. The molecule has 0 aliphatic carbocycles. The second-order valence-electron chi connectivity index (χ2n) is 4.45. The van der Waals surface area contributed by atoms with Crippen molar-refractivity contribution in [3.8, 4) is 0 Å². The van der Waals surface area contributed by atoms with Gasteiger partial charge in [0.1, 0.15) is 5.82 Å². The highest BCUT2D eigenvalue weighted by Gasteiger charge is 2.07. The van der Waals surface area contributed by atoms with Gasteiger partial charge >= 0.3 is 0 Å². The lowest BCUT2D eigenvalue weighted by molar-refractivity contribution is 0.576. The molecule has 3 heteroatoms. The molecule has 1 rings (SSSR count). The van der Waals surface area contributed by atoms with Crippen LogP contribution >= 0.6 is 11.8 Å².